The molecule has 0 heterocycles. The summed E-state index contributed by atoms with van der Waals surface area (Å²) in [6.45, 7) is 3.59. The second-order valence-electron chi connectivity index (χ2n) is 5.45. The molecule has 2 unspecified atom stereocenters. The van der Waals surface area contributed by atoms with E-state index in [9.17, 15) is 17.6 Å². The Morgan fingerprint density at radius 2 is 1.91 bits per heavy atom. The van der Waals surface area contributed by atoms with Gasteiger partial charge in [0.1, 0.15) is 5.82 Å². The van der Waals surface area contributed by atoms with Crippen molar-refractivity contribution in [1.82, 2.24) is 0 Å². The molecule has 1 aromatic rings. The van der Waals surface area contributed by atoms with Crippen molar-refractivity contribution in [2.45, 2.75) is 45.2 Å². The molecule has 0 aliphatic heterocycles. The van der Waals surface area contributed by atoms with E-state index in [0.29, 0.717) is 24.6 Å². The molecule has 1 aromatic carbocycles. The van der Waals surface area contributed by atoms with Crippen molar-refractivity contribution in [3.05, 3.63) is 35.1 Å². The summed E-state index contributed by atoms with van der Waals surface area (Å²) in [5.41, 5.74) is -0.373. The van der Waals surface area contributed by atoms with Gasteiger partial charge in [-0.15, -0.1) is 0 Å². The molecule has 6 heteroatoms. The molecule has 22 heavy (non-hydrogen) atoms. The fraction of sp³-hybridized carbons (Fsp3) is 0.500. The zero-order valence-electron chi connectivity index (χ0n) is 12.6. The van der Waals surface area contributed by atoms with Crippen LogP contribution in [0.5, 0.6) is 0 Å². The van der Waals surface area contributed by atoms with Crippen LogP contribution in [-0.2, 0) is 6.18 Å². The van der Waals surface area contributed by atoms with Crippen LogP contribution in [0.3, 0.4) is 0 Å². The lowest BCUT2D eigenvalue weighted by Crippen LogP contribution is -2.17. The van der Waals surface area contributed by atoms with Crippen LogP contribution in [0.4, 0.5) is 17.6 Å². The Bertz CT molecular complexity index is 537. The zero-order valence-corrected chi connectivity index (χ0v) is 12.6. The minimum Gasteiger partial charge on any atom is -0.313 e. The monoisotopic (exact) mass is 316 g/mol. The highest BCUT2D eigenvalue weighted by molar-refractivity contribution is 5.84. The predicted molar refractivity (Wildman–Crippen MR) is 79.3 cm³/mol. The van der Waals surface area contributed by atoms with E-state index in [-0.39, 0.29) is 5.56 Å². The second-order valence-corrected chi connectivity index (χ2v) is 5.45. The number of halogens is 4. The molecule has 122 valence electrons. The zero-order chi connectivity index (χ0) is 16.9. The first-order valence-electron chi connectivity index (χ1n) is 7.13. The van der Waals surface area contributed by atoms with E-state index in [1.165, 1.54) is 0 Å². The van der Waals surface area contributed by atoms with Crippen LogP contribution in [0.2, 0.25) is 0 Å². The van der Waals surface area contributed by atoms with Crippen molar-refractivity contribution < 1.29 is 17.6 Å². The van der Waals surface area contributed by atoms with E-state index in [4.69, 9.17) is 10.8 Å². The van der Waals surface area contributed by atoms with Gasteiger partial charge in [-0.05, 0) is 48.7 Å². The van der Waals surface area contributed by atoms with Gasteiger partial charge in [-0.3, -0.25) is 0 Å². The third-order valence-corrected chi connectivity index (χ3v) is 3.66. The van der Waals surface area contributed by atoms with Crippen molar-refractivity contribution in [1.29, 1.82) is 10.8 Å². The smallest absolute Gasteiger partial charge is 0.313 e. The Kier molecular flexibility index (Phi) is 6.26. The maximum atomic E-state index is 13.5. The Balaban J connectivity index is 3.04. The van der Waals surface area contributed by atoms with Crippen LogP contribution in [0.1, 0.15) is 50.2 Å². The molecule has 2 nitrogen and oxygen atoms in total. The van der Waals surface area contributed by atoms with Crippen molar-refractivity contribution in [3.63, 3.8) is 0 Å². The lowest BCUT2D eigenvalue weighted by atomic mass is 9.83. The fourth-order valence-corrected chi connectivity index (χ4v) is 2.35. The molecule has 1 rings (SSSR count). The van der Waals surface area contributed by atoms with E-state index in [1.807, 2.05) is 6.92 Å². The average molecular weight is 316 g/mol. The highest BCUT2D eigenvalue weighted by atomic mass is 19.4. The van der Waals surface area contributed by atoms with Crippen LogP contribution in [0.15, 0.2) is 18.2 Å². The topological polar surface area (TPSA) is 47.7 Å². The molecule has 0 aliphatic rings. The third kappa shape index (κ3) is 4.93. The van der Waals surface area contributed by atoms with Crippen molar-refractivity contribution in [2.75, 3.05) is 0 Å². The lowest BCUT2D eigenvalue weighted by molar-refractivity contribution is -0.137. The van der Waals surface area contributed by atoms with E-state index < -0.39 is 29.4 Å². The minimum atomic E-state index is -4.61. The van der Waals surface area contributed by atoms with Gasteiger partial charge >= 0.3 is 6.18 Å². The highest BCUT2D eigenvalue weighted by Gasteiger charge is 2.32. The molecule has 2 atom stereocenters. The highest BCUT2D eigenvalue weighted by Crippen LogP contribution is 2.34. The summed E-state index contributed by atoms with van der Waals surface area (Å²) in [5, 5.41) is 15.3. The standard InChI is InChI=1S/C16H20F4N2/c1-3-4-15(22)7-12(9-21)10(2)11-5-13(16(18,19)20)8-14(17)6-11/h5-6,8-10,12,21-22H,3-4,7H2,1-2H3. The number of rotatable bonds is 7. The number of hydrogen-bond acceptors (Lipinski definition) is 2. The van der Waals surface area contributed by atoms with Gasteiger partial charge in [0.05, 0.1) is 5.56 Å². The summed E-state index contributed by atoms with van der Waals surface area (Å²) >= 11 is 0. The molecule has 0 spiro atoms. The molecule has 2 N–H and O–H groups in total. The Morgan fingerprint density at radius 3 is 2.41 bits per heavy atom. The van der Waals surface area contributed by atoms with Gasteiger partial charge in [0.25, 0.3) is 0 Å². The molecular weight excluding hydrogens is 296 g/mol. The first kappa shape index (κ1) is 18.3. The molecule has 0 saturated carbocycles. The van der Waals surface area contributed by atoms with E-state index in [0.717, 1.165) is 24.8 Å². The quantitative estimate of drug-likeness (QED) is 0.498. The lowest BCUT2D eigenvalue weighted by Gasteiger charge is -2.22. The van der Waals surface area contributed by atoms with Gasteiger partial charge in [0.2, 0.25) is 0 Å². The van der Waals surface area contributed by atoms with Crippen molar-refractivity contribution in [3.8, 4) is 0 Å². The van der Waals surface area contributed by atoms with Crippen LogP contribution in [0, 0.1) is 22.6 Å². The first-order valence-corrected chi connectivity index (χ1v) is 7.13. The molecule has 0 radical (unpaired) electrons. The van der Waals surface area contributed by atoms with Gasteiger partial charge in [0.15, 0.2) is 0 Å². The largest absolute Gasteiger partial charge is 0.416 e. The second kappa shape index (κ2) is 7.51. The fourth-order valence-electron chi connectivity index (χ4n) is 2.35. The Morgan fingerprint density at radius 1 is 1.27 bits per heavy atom. The first-order chi connectivity index (χ1) is 10.2. The molecule has 0 aliphatic carbocycles. The summed E-state index contributed by atoms with van der Waals surface area (Å²) in [7, 11) is 0. The summed E-state index contributed by atoms with van der Waals surface area (Å²) in [6.07, 6.45) is -1.78. The van der Waals surface area contributed by atoms with Gasteiger partial charge in [-0.2, -0.15) is 13.2 Å². The van der Waals surface area contributed by atoms with Crippen molar-refractivity contribution in [2.24, 2.45) is 5.92 Å². The summed E-state index contributed by atoms with van der Waals surface area (Å²) in [6, 6.07) is 2.46. The molecular formula is C16H20F4N2. The van der Waals surface area contributed by atoms with Gasteiger partial charge < -0.3 is 10.8 Å². The van der Waals surface area contributed by atoms with Crippen LogP contribution in [-0.4, -0.2) is 11.9 Å². The van der Waals surface area contributed by atoms with Crippen LogP contribution >= 0.6 is 0 Å². The number of hydrogen-bond donors (Lipinski definition) is 2. The van der Waals surface area contributed by atoms with E-state index >= 15 is 0 Å². The summed E-state index contributed by atoms with van der Waals surface area (Å²) in [5.74, 6) is -1.82. The number of alkyl halides is 3. The van der Waals surface area contributed by atoms with Gasteiger partial charge in [0, 0.05) is 11.6 Å². The number of benzene rings is 1. The Labute approximate surface area is 127 Å². The van der Waals surface area contributed by atoms with Crippen LogP contribution < -0.4 is 0 Å². The predicted octanol–water partition coefficient (Wildman–Crippen LogP) is 5.42. The maximum absolute atomic E-state index is 13.5. The molecule has 0 fully saturated rings. The van der Waals surface area contributed by atoms with Gasteiger partial charge in [-0.1, -0.05) is 20.3 Å². The Hall–Kier alpha value is -1.72. The SMILES string of the molecule is CCCC(=N)CC(C=N)C(C)c1cc(F)cc(C(F)(F)F)c1. The van der Waals surface area contributed by atoms with E-state index in [1.54, 1.807) is 6.92 Å². The number of nitrogens with one attached hydrogen (secondary N) is 2. The van der Waals surface area contributed by atoms with Gasteiger partial charge in [-0.25, -0.2) is 4.39 Å². The average Bonchev–Trinajstić information content (AvgIpc) is 2.42. The molecule has 0 bridgehead atoms. The third-order valence-electron chi connectivity index (χ3n) is 3.66. The minimum absolute atomic E-state index is 0.199. The molecule has 0 saturated heterocycles. The molecule has 0 amide bonds. The van der Waals surface area contributed by atoms with E-state index in [2.05, 4.69) is 0 Å². The summed E-state index contributed by atoms with van der Waals surface area (Å²) < 4.78 is 51.7. The van der Waals surface area contributed by atoms with Crippen molar-refractivity contribution >= 4 is 11.9 Å². The normalized spacial score (nSPS) is 14.5. The molecule has 0 aromatic heterocycles. The maximum Gasteiger partial charge on any atom is 0.416 e. The summed E-state index contributed by atoms with van der Waals surface area (Å²) in [4.78, 5) is 0. The van der Waals surface area contributed by atoms with Crippen LogP contribution in [0.25, 0.3) is 0 Å².